The molecule has 51 heavy (non-hydrogen) atoms. The summed E-state index contributed by atoms with van der Waals surface area (Å²) in [4.78, 5) is 2.59. The van der Waals surface area contributed by atoms with Crippen molar-refractivity contribution >= 4 is 55.0 Å². The Bertz CT molecular complexity index is 2770. The number of hydrogen-bond acceptors (Lipinski definition) is 1. The molecule has 1 aliphatic heterocycles. The lowest BCUT2D eigenvalue weighted by Gasteiger charge is -2.33. The molecule has 0 bridgehead atoms. The van der Waals surface area contributed by atoms with Gasteiger partial charge in [0.15, 0.2) is 0 Å². The molecule has 0 N–H and O–H groups in total. The molecule has 3 heteroatoms. The highest BCUT2D eigenvalue weighted by atomic mass is 15.2. The Morgan fingerprint density at radius 1 is 0.412 bits per heavy atom. The van der Waals surface area contributed by atoms with Gasteiger partial charge in [0.05, 0.1) is 28.1 Å². The van der Waals surface area contributed by atoms with Gasteiger partial charge >= 0.3 is 0 Å². The Morgan fingerprint density at radius 3 is 1.73 bits per heavy atom. The Labute approximate surface area is 296 Å². The summed E-state index contributed by atoms with van der Waals surface area (Å²) in [6, 6.07) is 62.6. The van der Waals surface area contributed by atoms with E-state index < -0.39 is 0 Å². The minimum absolute atomic E-state index is 0.242. The average Bonchev–Trinajstić information content (AvgIpc) is 3.84. The molecule has 0 saturated heterocycles. The lowest BCUT2D eigenvalue weighted by molar-refractivity contribution is 0.534. The first kappa shape index (κ1) is 28.5. The Hall–Kier alpha value is -6.32. The predicted octanol–water partition coefficient (Wildman–Crippen LogP) is 12.2. The lowest BCUT2D eigenvalue weighted by atomic mass is 9.78. The van der Waals surface area contributed by atoms with Crippen LogP contribution in [0.15, 0.2) is 182 Å². The number of anilines is 2. The van der Waals surface area contributed by atoms with Crippen LogP contribution in [0.3, 0.4) is 0 Å². The molecule has 2 aromatic heterocycles. The van der Waals surface area contributed by atoms with E-state index in [1.54, 1.807) is 0 Å². The Kier molecular flexibility index (Phi) is 6.20. The molecule has 0 saturated carbocycles. The topological polar surface area (TPSA) is 13.1 Å². The number of allylic oxidation sites excluding steroid dienone is 1. The minimum atomic E-state index is 0.242. The number of nitrogens with zero attached hydrogens (tertiary/aromatic N) is 3. The van der Waals surface area contributed by atoms with E-state index >= 15 is 0 Å². The van der Waals surface area contributed by atoms with Gasteiger partial charge in [0.2, 0.25) is 0 Å². The second kappa shape index (κ2) is 11.1. The summed E-state index contributed by atoms with van der Waals surface area (Å²) >= 11 is 0. The average molecular weight is 654 g/mol. The lowest BCUT2D eigenvalue weighted by Crippen LogP contribution is -2.31. The first-order chi connectivity index (χ1) is 25.3. The zero-order valence-electron chi connectivity index (χ0n) is 28.1. The van der Waals surface area contributed by atoms with Gasteiger partial charge in [-0.25, -0.2) is 0 Å². The zero-order chi connectivity index (χ0) is 33.5. The van der Waals surface area contributed by atoms with Gasteiger partial charge in [0.1, 0.15) is 0 Å². The second-order valence-corrected chi connectivity index (χ2v) is 14.1. The third kappa shape index (κ3) is 4.18. The summed E-state index contributed by atoms with van der Waals surface area (Å²) in [5, 5.41) is 5.19. The summed E-state index contributed by atoms with van der Waals surface area (Å²) in [6.45, 7) is 0. The fourth-order valence-electron chi connectivity index (χ4n) is 9.35. The standard InChI is InChI=1S/C48H35N3/c1-2-14-33(15-3-1)51-46-27-11-6-20-39(46)41-23-13-22-36(48(41)51)32-28-29-47-42(30-32)40-21-7-10-26-45(40)50(47)35-17-12-16-34(31-35)49-43-24-8-4-18-37(43)38-19-5-9-25-44(38)49/h1-29,31-32,42,47H,30H2. The molecule has 0 spiro atoms. The van der Waals surface area contributed by atoms with E-state index in [4.69, 9.17) is 0 Å². The van der Waals surface area contributed by atoms with Gasteiger partial charge < -0.3 is 14.0 Å². The highest BCUT2D eigenvalue weighted by Crippen LogP contribution is 2.53. The largest absolute Gasteiger partial charge is 0.334 e. The van der Waals surface area contributed by atoms with Gasteiger partial charge in [-0.15, -0.1) is 0 Å². The molecule has 0 amide bonds. The number of benzene rings is 7. The maximum atomic E-state index is 2.59. The van der Waals surface area contributed by atoms with E-state index in [1.807, 2.05) is 0 Å². The predicted molar refractivity (Wildman–Crippen MR) is 213 cm³/mol. The van der Waals surface area contributed by atoms with Crippen LogP contribution < -0.4 is 4.90 Å². The van der Waals surface area contributed by atoms with E-state index in [0.717, 1.165) is 6.42 Å². The summed E-state index contributed by atoms with van der Waals surface area (Å²) in [6.07, 6.45) is 6.05. The molecule has 0 fully saturated rings. The van der Waals surface area contributed by atoms with Crippen LogP contribution in [0.4, 0.5) is 11.4 Å². The van der Waals surface area contributed by atoms with Crippen molar-refractivity contribution in [3.8, 4) is 11.4 Å². The van der Waals surface area contributed by atoms with Gasteiger partial charge in [-0.05, 0) is 72.1 Å². The number of rotatable bonds is 4. The van der Waals surface area contributed by atoms with Crippen LogP contribution in [0.1, 0.15) is 29.4 Å². The van der Waals surface area contributed by atoms with Crippen molar-refractivity contribution in [2.45, 2.75) is 24.3 Å². The maximum absolute atomic E-state index is 2.59. The molecule has 7 aromatic carbocycles. The molecular weight excluding hydrogens is 619 g/mol. The second-order valence-electron chi connectivity index (χ2n) is 14.1. The summed E-state index contributed by atoms with van der Waals surface area (Å²) < 4.78 is 4.90. The van der Waals surface area contributed by atoms with Crippen molar-refractivity contribution in [1.82, 2.24) is 9.13 Å². The van der Waals surface area contributed by atoms with Gasteiger partial charge in [0.25, 0.3) is 0 Å². The van der Waals surface area contributed by atoms with Crippen molar-refractivity contribution in [3.05, 3.63) is 193 Å². The SMILES string of the molecule is C1=CC2C(CC1c1cccc3c4ccccc4n(-c4ccccc4)c13)c1ccccc1N2c1cccc(-n2c3ccccc3c3ccccc32)c1. The summed E-state index contributed by atoms with van der Waals surface area (Å²) in [5.41, 5.74) is 12.8. The van der Waals surface area contributed by atoms with E-state index in [2.05, 4.69) is 196 Å². The normalized spacial score (nSPS) is 18.2. The third-order valence-corrected chi connectivity index (χ3v) is 11.4. The highest BCUT2D eigenvalue weighted by molar-refractivity contribution is 6.11. The van der Waals surface area contributed by atoms with E-state index in [-0.39, 0.29) is 6.04 Å². The smallest absolute Gasteiger partial charge is 0.0592 e. The van der Waals surface area contributed by atoms with Crippen LogP contribution in [-0.4, -0.2) is 15.2 Å². The van der Waals surface area contributed by atoms with Crippen molar-refractivity contribution < 1.29 is 0 Å². The van der Waals surface area contributed by atoms with E-state index in [9.17, 15) is 0 Å². The molecule has 3 unspecified atom stereocenters. The number of para-hydroxylation sites is 6. The number of aromatic nitrogens is 2. The van der Waals surface area contributed by atoms with Crippen molar-refractivity contribution in [2.24, 2.45) is 0 Å². The monoisotopic (exact) mass is 653 g/mol. The summed E-state index contributed by atoms with van der Waals surface area (Å²) in [5.74, 6) is 0.663. The Balaban J connectivity index is 1.05. The number of fused-ring (bicyclic) bond motifs is 9. The van der Waals surface area contributed by atoms with Crippen LogP contribution in [0.5, 0.6) is 0 Å². The molecule has 3 nitrogen and oxygen atoms in total. The van der Waals surface area contributed by atoms with Crippen LogP contribution in [0.2, 0.25) is 0 Å². The van der Waals surface area contributed by atoms with Crippen LogP contribution in [-0.2, 0) is 0 Å². The molecule has 9 aromatic rings. The molecule has 3 atom stereocenters. The third-order valence-electron chi connectivity index (χ3n) is 11.4. The van der Waals surface area contributed by atoms with Crippen molar-refractivity contribution in [3.63, 3.8) is 0 Å². The van der Waals surface area contributed by atoms with Crippen molar-refractivity contribution in [1.29, 1.82) is 0 Å². The van der Waals surface area contributed by atoms with Gasteiger partial charge in [0, 0.05) is 56.1 Å². The summed E-state index contributed by atoms with van der Waals surface area (Å²) in [7, 11) is 0. The zero-order valence-corrected chi connectivity index (χ0v) is 28.1. The molecule has 2 aliphatic rings. The van der Waals surface area contributed by atoms with E-state index in [0.29, 0.717) is 11.8 Å². The van der Waals surface area contributed by atoms with Crippen LogP contribution >= 0.6 is 0 Å². The van der Waals surface area contributed by atoms with Crippen LogP contribution in [0, 0.1) is 0 Å². The van der Waals surface area contributed by atoms with Gasteiger partial charge in [-0.1, -0.05) is 127 Å². The molecule has 11 rings (SSSR count). The van der Waals surface area contributed by atoms with Crippen LogP contribution in [0.25, 0.3) is 55.0 Å². The van der Waals surface area contributed by atoms with E-state index in [1.165, 1.54) is 77.5 Å². The molecule has 3 heterocycles. The van der Waals surface area contributed by atoms with Gasteiger partial charge in [-0.2, -0.15) is 0 Å². The fraction of sp³-hybridized carbons (Fsp3) is 0.0833. The van der Waals surface area contributed by atoms with Crippen molar-refractivity contribution in [2.75, 3.05) is 4.90 Å². The minimum Gasteiger partial charge on any atom is -0.334 e. The molecular formula is C48H35N3. The first-order valence-corrected chi connectivity index (χ1v) is 18.1. The molecule has 1 aliphatic carbocycles. The highest BCUT2D eigenvalue weighted by Gasteiger charge is 2.41. The van der Waals surface area contributed by atoms with Gasteiger partial charge in [-0.3, -0.25) is 0 Å². The molecule has 242 valence electrons. The molecule has 0 radical (unpaired) electrons. The Morgan fingerprint density at radius 2 is 0.961 bits per heavy atom. The first-order valence-electron chi connectivity index (χ1n) is 18.1. The maximum Gasteiger partial charge on any atom is 0.0592 e. The number of hydrogen-bond donors (Lipinski definition) is 0. The quantitative estimate of drug-likeness (QED) is 0.172. The fourth-order valence-corrected chi connectivity index (χ4v) is 9.35.